The van der Waals surface area contributed by atoms with Crippen molar-refractivity contribution in [2.24, 2.45) is 5.73 Å². The van der Waals surface area contributed by atoms with Gasteiger partial charge in [0.2, 0.25) is 0 Å². The van der Waals surface area contributed by atoms with E-state index in [4.69, 9.17) is 10.5 Å². The molecule has 0 bridgehead atoms. The number of benzene rings is 1. The third kappa shape index (κ3) is 3.42. The lowest BCUT2D eigenvalue weighted by molar-refractivity contribution is -0.384. The van der Waals surface area contributed by atoms with Crippen molar-refractivity contribution in [3.63, 3.8) is 0 Å². The van der Waals surface area contributed by atoms with Crippen LogP contribution in [0.3, 0.4) is 0 Å². The summed E-state index contributed by atoms with van der Waals surface area (Å²) in [7, 11) is 0. The van der Waals surface area contributed by atoms with E-state index in [-0.39, 0.29) is 18.3 Å². The quantitative estimate of drug-likeness (QED) is 0.680. The summed E-state index contributed by atoms with van der Waals surface area (Å²) < 4.78 is 43.3. The van der Waals surface area contributed by atoms with Gasteiger partial charge >= 0.3 is 6.18 Å². The molecule has 1 atom stereocenters. The van der Waals surface area contributed by atoms with Gasteiger partial charge in [0.1, 0.15) is 5.69 Å². The van der Waals surface area contributed by atoms with Crippen LogP contribution in [-0.2, 0) is 10.9 Å². The molecule has 6 nitrogen and oxygen atoms in total. The van der Waals surface area contributed by atoms with E-state index in [1.54, 1.807) is 4.90 Å². The van der Waals surface area contributed by atoms with Crippen molar-refractivity contribution in [2.45, 2.75) is 12.3 Å². The second kappa shape index (κ2) is 5.86. The van der Waals surface area contributed by atoms with Gasteiger partial charge < -0.3 is 15.4 Å². The number of anilines is 1. The summed E-state index contributed by atoms with van der Waals surface area (Å²) in [6.07, 6.45) is -4.91. The van der Waals surface area contributed by atoms with Crippen LogP contribution in [0, 0.1) is 10.1 Å². The van der Waals surface area contributed by atoms with Crippen LogP contribution in [-0.4, -0.2) is 37.3 Å². The Balaban J connectivity index is 2.37. The van der Waals surface area contributed by atoms with Crippen molar-refractivity contribution in [3.8, 4) is 0 Å². The average molecular weight is 305 g/mol. The number of rotatable bonds is 3. The minimum atomic E-state index is -4.62. The summed E-state index contributed by atoms with van der Waals surface area (Å²) in [5.74, 6) is 0. The molecule has 0 aromatic heterocycles. The van der Waals surface area contributed by atoms with Gasteiger partial charge in [-0.2, -0.15) is 13.2 Å². The molecule has 0 radical (unpaired) electrons. The van der Waals surface area contributed by atoms with Gasteiger partial charge in [-0.05, 0) is 12.1 Å². The van der Waals surface area contributed by atoms with E-state index in [9.17, 15) is 23.3 Å². The van der Waals surface area contributed by atoms with Crippen LogP contribution in [0.4, 0.5) is 24.5 Å². The molecule has 2 N–H and O–H groups in total. The van der Waals surface area contributed by atoms with Crippen LogP contribution in [0.15, 0.2) is 18.2 Å². The summed E-state index contributed by atoms with van der Waals surface area (Å²) in [6, 6.07) is 2.53. The van der Waals surface area contributed by atoms with Crippen molar-refractivity contribution in [2.75, 3.05) is 31.1 Å². The molecule has 1 heterocycles. The van der Waals surface area contributed by atoms with Crippen LogP contribution < -0.4 is 10.6 Å². The molecule has 0 aliphatic carbocycles. The number of morpholine rings is 1. The van der Waals surface area contributed by atoms with Crippen molar-refractivity contribution in [3.05, 3.63) is 33.9 Å². The predicted octanol–water partition coefficient (Wildman–Crippen LogP) is 1.78. The van der Waals surface area contributed by atoms with E-state index >= 15 is 0 Å². The monoisotopic (exact) mass is 305 g/mol. The Labute approximate surface area is 118 Å². The van der Waals surface area contributed by atoms with Crippen LogP contribution in [0.2, 0.25) is 0 Å². The highest BCUT2D eigenvalue weighted by Crippen LogP contribution is 2.36. The lowest BCUT2D eigenvalue weighted by atomic mass is 10.1. The molecule has 0 spiro atoms. The van der Waals surface area contributed by atoms with E-state index < -0.39 is 22.4 Å². The Kier molecular flexibility index (Phi) is 4.33. The first-order chi connectivity index (χ1) is 9.82. The zero-order valence-electron chi connectivity index (χ0n) is 11.0. The van der Waals surface area contributed by atoms with Gasteiger partial charge in [-0.3, -0.25) is 10.1 Å². The third-order valence-corrected chi connectivity index (χ3v) is 3.24. The SMILES string of the molecule is NCC1CN(c2ccc(C(F)(F)F)cc2[N+](=O)[O-])CCO1. The van der Waals surface area contributed by atoms with E-state index in [1.165, 1.54) is 0 Å². The molecule has 116 valence electrons. The number of hydrogen-bond acceptors (Lipinski definition) is 5. The van der Waals surface area contributed by atoms with Crippen molar-refractivity contribution >= 4 is 11.4 Å². The molecule has 1 unspecified atom stereocenters. The Morgan fingerprint density at radius 3 is 2.76 bits per heavy atom. The summed E-state index contributed by atoms with van der Waals surface area (Å²) in [6.45, 7) is 1.23. The molecule has 0 saturated carbocycles. The second-order valence-corrected chi connectivity index (χ2v) is 4.63. The molecule has 1 fully saturated rings. The van der Waals surface area contributed by atoms with E-state index in [0.29, 0.717) is 25.8 Å². The maximum absolute atomic E-state index is 12.6. The van der Waals surface area contributed by atoms with Gasteiger partial charge in [0.25, 0.3) is 5.69 Å². The maximum Gasteiger partial charge on any atom is 0.416 e. The van der Waals surface area contributed by atoms with Crippen LogP contribution in [0.1, 0.15) is 5.56 Å². The van der Waals surface area contributed by atoms with Gasteiger partial charge in [-0.15, -0.1) is 0 Å². The topological polar surface area (TPSA) is 81.6 Å². The summed E-state index contributed by atoms with van der Waals surface area (Å²) >= 11 is 0. The van der Waals surface area contributed by atoms with Crippen molar-refractivity contribution < 1.29 is 22.8 Å². The second-order valence-electron chi connectivity index (χ2n) is 4.63. The first-order valence-electron chi connectivity index (χ1n) is 6.25. The molecule has 2 rings (SSSR count). The highest BCUT2D eigenvalue weighted by molar-refractivity contribution is 5.65. The first kappa shape index (κ1) is 15.5. The zero-order valence-corrected chi connectivity index (χ0v) is 11.0. The highest BCUT2D eigenvalue weighted by Gasteiger charge is 2.34. The molecular formula is C12H14F3N3O3. The fourth-order valence-corrected chi connectivity index (χ4v) is 2.19. The Morgan fingerprint density at radius 2 is 2.19 bits per heavy atom. The molecule has 1 aliphatic heterocycles. The minimum absolute atomic E-state index is 0.148. The van der Waals surface area contributed by atoms with Gasteiger partial charge in [0.15, 0.2) is 0 Å². The third-order valence-electron chi connectivity index (χ3n) is 3.24. The van der Waals surface area contributed by atoms with Crippen LogP contribution >= 0.6 is 0 Å². The van der Waals surface area contributed by atoms with Crippen LogP contribution in [0.25, 0.3) is 0 Å². The molecule has 1 saturated heterocycles. The largest absolute Gasteiger partial charge is 0.416 e. The van der Waals surface area contributed by atoms with Crippen molar-refractivity contribution in [1.82, 2.24) is 0 Å². The van der Waals surface area contributed by atoms with E-state index in [2.05, 4.69) is 0 Å². The van der Waals surface area contributed by atoms with E-state index in [1.807, 2.05) is 0 Å². The Hall–Kier alpha value is -1.87. The number of ether oxygens (including phenoxy) is 1. The minimum Gasteiger partial charge on any atom is -0.373 e. The summed E-state index contributed by atoms with van der Waals surface area (Å²) in [4.78, 5) is 11.9. The number of hydrogen-bond donors (Lipinski definition) is 1. The van der Waals surface area contributed by atoms with E-state index in [0.717, 1.165) is 12.1 Å². The Bertz CT molecular complexity index is 536. The smallest absolute Gasteiger partial charge is 0.373 e. The van der Waals surface area contributed by atoms with Gasteiger partial charge in [-0.25, -0.2) is 0 Å². The number of halogens is 3. The predicted molar refractivity (Wildman–Crippen MR) is 69.1 cm³/mol. The molecular weight excluding hydrogens is 291 g/mol. The summed E-state index contributed by atoms with van der Waals surface area (Å²) in [5, 5.41) is 11.1. The maximum atomic E-state index is 12.6. The number of alkyl halides is 3. The van der Waals surface area contributed by atoms with Gasteiger partial charge in [0, 0.05) is 25.7 Å². The number of nitro benzene ring substituents is 1. The summed E-state index contributed by atoms with van der Waals surface area (Å²) in [5.41, 5.74) is 4.03. The van der Waals surface area contributed by atoms with Gasteiger partial charge in [0.05, 0.1) is 23.2 Å². The van der Waals surface area contributed by atoms with Gasteiger partial charge in [-0.1, -0.05) is 0 Å². The highest BCUT2D eigenvalue weighted by atomic mass is 19.4. The molecule has 1 aliphatic rings. The van der Waals surface area contributed by atoms with Crippen molar-refractivity contribution in [1.29, 1.82) is 0 Å². The fraction of sp³-hybridized carbons (Fsp3) is 0.500. The zero-order chi connectivity index (χ0) is 15.6. The lowest BCUT2D eigenvalue weighted by Gasteiger charge is -2.33. The Morgan fingerprint density at radius 1 is 1.48 bits per heavy atom. The molecule has 1 aromatic carbocycles. The standard InChI is InChI=1S/C12H14F3N3O3/c13-12(14,15)8-1-2-10(11(5-8)18(19)20)17-3-4-21-9(6-16)7-17/h1-2,5,9H,3-4,6-7,16H2. The average Bonchev–Trinajstić information content (AvgIpc) is 2.45. The molecule has 9 heteroatoms. The normalized spacial score (nSPS) is 19.6. The molecule has 21 heavy (non-hydrogen) atoms. The number of nitrogens with two attached hydrogens (primary N) is 1. The number of nitrogens with zero attached hydrogens (tertiary/aromatic N) is 2. The first-order valence-corrected chi connectivity index (χ1v) is 6.25. The fourth-order valence-electron chi connectivity index (χ4n) is 2.19. The van der Waals surface area contributed by atoms with Crippen LogP contribution in [0.5, 0.6) is 0 Å². The number of nitro groups is 1. The molecule has 0 amide bonds. The molecule has 1 aromatic rings. The lowest BCUT2D eigenvalue weighted by Crippen LogP contribution is -2.45.